The molecule has 0 spiro atoms. The molecule has 0 saturated carbocycles. The second-order valence-electron chi connectivity index (χ2n) is 8.10. The Labute approximate surface area is 193 Å². The third-order valence-corrected chi connectivity index (χ3v) is 6.63. The maximum Gasteiger partial charge on any atom is 0.296 e. The average molecular weight is 461 g/mol. The number of anilines is 1. The van der Waals surface area contributed by atoms with E-state index in [0.717, 1.165) is 21.3 Å². The van der Waals surface area contributed by atoms with Crippen LogP contribution in [0.5, 0.6) is 5.75 Å². The van der Waals surface area contributed by atoms with Gasteiger partial charge in [0.2, 0.25) is 5.78 Å². The number of thiazole rings is 1. The van der Waals surface area contributed by atoms with E-state index in [1.165, 1.54) is 34.4 Å². The molecule has 3 heterocycles. The van der Waals surface area contributed by atoms with Crippen LogP contribution < -0.4 is 4.90 Å². The van der Waals surface area contributed by atoms with Gasteiger partial charge in [0.05, 0.1) is 21.8 Å². The Kier molecular flexibility index (Phi) is 4.83. The van der Waals surface area contributed by atoms with Crippen LogP contribution in [-0.2, 0) is 4.79 Å². The van der Waals surface area contributed by atoms with Crippen LogP contribution in [0.1, 0.15) is 39.0 Å². The number of amides is 1. The lowest BCUT2D eigenvalue weighted by Crippen LogP contribution is -2.30. The highest BCUT2D eigenvalue weighted by Gasteiger charge is 2.46. The molecule has 7 nitrogen and oxygen atoms in total. The summed E-state index contributed by atoms with van der Waals surface area (Å²) < 4.78 is 6.37. The third-order valence-electron chi connectivity index (χ3n) is 5.63. The molecule has 2 aromatic heterocycles. The molecule has 1 atom stereocenters. The van der Waals surface area contributed by atoms with Crippen LogP contribution in [0.4, 0.5) is 5.13 Å². The number of phenolic OH excluding ortho intramolecular Hbond substituents is 1. The normalized spacial score (nSPS) is 16.3. The Balaban J connectivity index is 1.70. The lowest BCUT2D eigenvalue weighted by Gasteiger charge is -2.24. The molecule has 1 amide bonds. The maximum atomic E-state index is 13.4. The van der Waals surface area contributed by atoms with E-state index < -0.39 is 23.5 Å². The number of rotatable bonds is 4. The number of phenols is 1. The van der Waals surface area contributed by atoms with Gasteiger partial charge in [-0.05, 0) is 67.8 Å². The first kappa shape index (κ1) is 21.0. The summed E-state index contributed by atoms with van der Waals surface area (Å²) in [5.41, 5.74) is 3.13. The zero-order valence-electron chi connectivity index (χ0n) is 18.1. The van der Waals surface area contributed by atoms with Gasteiger partial charge in [-0.15, -0.1) is 0 Å². The molecule has 2 aromatic carbocycles. The van der Waals surface area contributed by atoms with E-state index in [9.17, 15) is 19.8 Å². The first-order valence-corrected chi connectivity index (χ1v) is 11.1. The van der Waals surface area contributed by atoms with Crippen molar-refractivity contribution in [1.29, 1.82) is 0 Å². The number of hydrogen-bond donors (Lipinski definition) is 2. The molecule has 33 heavy (non-hydrogen) atoms. The van der Waals surface area contributed by atoms with Crippen molar-refractivity contribution >= 4 is 38.4 Å². The highest BCUT2D eigenvalue weighted by atomic mass is 32.1. The summed E-state index contributed by atoms with van der Waals surface area (Å²) in [4.78, 5) is 32.6. The summed E-state index contributed by atoms with van der Waals surface area (Å²) in [6.07, 6.45) is 0. The van der Waals surface area contributed by atoms with Crippen molar-refractivity contribution in [2.45, 2.75) is 26.8 Å². The van der Waals surface area contributed by atoms with Gasteiger partial charge in [-0.3, -0.25) is 14.5 Å². The zero-order valence-corrected chi connectivity index (χ0v) is 18.9. The van der Waals surface area contributed by atoms with Gasteiger partial charge in [-0.2, -0.15) is 0 Å². The maximum absolute atomic E-state index is 13.4. The highest BCUT2D eigenvalue weighted by molar-refractivity contribution is 7.22. The molecule has 166 valence electrons. The molecular formula is C25H20N2O5S. The molecule has 2 N–H and O–H groups in total. The molecule has 5 rings (SSSR count). The summed E-state index contributed by atoms with van der Waals surface area (Å²) in [6.45, 7) is 5.63. The van der Waals surface area contributed by atoms with Gasteiger partial charge in [0.15, 0.2) is 16.7 Å². The fraction of sp³-hybridized carbons (Fsp3) is 0.160. The van der Waals surface area contributed by atoms with Crippen molar-refractivity contribution in [1.82, 2.24) is 4.98 Å². The fourth-order valence-electron chi connectivity index (χ4n) is 4.20. The Hall–Kier alpha value is -3.91. The number of hydrogen-bond acceptors (Lipinski definition) is 7. The monoisotopic (exact) mass is 460 g/mol. The largest absolute Gasteiger partial charge is 0.508 e. The van der Waals surface area contributed by atoms with Crippen LogP contribution in [0, 0.1) is 20.8 Å². The Bertz CT molecular complexity index is 1480. The molecule has 1 aliphatic heterocycles. The SMILES string of the molecule is Cc1cc(C)c2nc(N3C(=O)C(O)=C(C(=O)c4ccc(C)o4)C3c3cccc(O)c3)sc2c1. The van der Waals surface area contributed by atoms with Crippen molar-refractivity contribution in [3.8, 4) is 5.75 Å². The molecule has 0 fully saturated rings. The van der Waals surface area contributed by atoms with E-state index in [2.05, 4.69) is 4.98 Å². The van der Waals surface area contributed by atoms with E-state index in [1.807, 2.05) is 26.0 Å². The number of carbonyl (C=O) groups is 2. The quantitative estimate of drug-likeness (QED) is 0.400. The van der Waals surface area contributed by atoms with Crippen LogP contribution in [0.3, 0.4) is 0 Å². The molecule has 1 aliphatic rings. The number of aryl methyl sites for hydroxylation is 3. The van der Waals surface area contributed by atoms with E-state index in [-0.39, 0.29) is 17.1 Å². The summed E-state index contributed by atoms with van der Waals surface area (Å²) in [5, 5.41) is 21.3. The minimum Gasteiger partial charge on any atom is -0.508 e. The van der Waals surface area contributed by atoms with E-state index in [1.54, 1.807) is 25.1 Å². The summed E-state index contributed by atoms with van der Waals surface area (Å²) in [7, 11) is 0. The van der Waals surface area contributed by atoms with Gasteiger partial charge >= 0.3 is 0 Å². The van der Waals surface area contributed by atoms with Gasteiger partial charge in [-0.25, -0.2) is 4.98 Å². The lowest BCUT2D eigenvalue weighted by atomic mass is 9.95. The smallest absolute Gasteiger partial charge is 0.296 e. The van der Waals surface area contributed by atoms with E-state index in [4.69, 9.17) is 4.42 Å². The van der Waals surface area contributed by atoms with Crippen LogP contribution in [0.25, 0.3) is 10.2 Å². The van der Waals surface area contributed by atoms with E-state index >= 15 is 0 Å². The molecule has 0 aliphatic carbocycles. The number of Topliss-reactive ketones (excluding diaryl/α,β-unsaturated/α-hetero) is 1. The first-order valence-electron chi connectivity index (χ1n) is 10.3. The number of fused-ring (bicyclic) bond motifs is 1. The number of benzene rings is 2. The van der Waals surface area contributed by atoms with Crippen molar-refractivity contribution in [3.63, 3.8) is 0 Å². The van der Waals surface area contributed by atoms with Crippen molar-refractivity contribution in [2.75, 3.05) is 4.90 Å². The Morgan fingerprint density at radius 1 is 1.09 bits per heavy atom. The van der Waals surface area contributed by atoms with Gasteiger partial charge in [0.1, 0.15) is 11.5 Å². The summed E-state index contributed by atoms with van der Waals surface area (Å²) in [6, 6.07) is 12.4. The van der Waals surface area contributed by atoms with Gasteiger partial charge in [0.25, 0.3) is 5.91 Å². The van der Waals surface area contributed by atoms with Crippen LogP contribution in [-0.4, -0.2) is 26.9 Å². The number of aliphatic hydroxyl groups excluding tert-OH is 1. The predicted molar refractivity (Wildman–Crippen MR) is 125 cm³/mol. The predicted octanol–water partition coefficient (Wildman–Crippen LogP) is 5.30. The molecule has 1 unspecified atom stereocenters. The zero-order chi connectivity index (χ0) is 23.4. The molecular weight excluding hydrogens is 440 g/mol. The number of furan rings is 1. The minimum absolute atomic E-state index is 0.0182. The minimum atomic E-state index is -0.982. The third kappa shape index (κ3) is 3.39. The fourth-order valence-corrected chi connectivity index (χ4v) is 5.36. The Morgan fingerprint density at radius 3 is 2.58 bits per heavy atom. The number of aromatic nitrogens is 1. The molecule has 4 aromatic rings. The standard InChI is InChI=1S/C25H20N2O5S/c1-12-9-13(2)20-18(10-12)33-25(26-20)27-21(15-5-4-6-16(28)11-15)19(23(30)24(27)31)22(29)17-8-7-14(3)32-17/h4-11,21,28,30H,1-3H3. The second-order valence-corrected chi connectivity index (χ2v) is 9.11. The van der Waals surface area contributed by atoms with Gasteiger partial charge in [-0.1, -0.05) is 29.5 Å². The number of nitrogens with zero attached hydrogens (tertiary/aromatic N) is 2. The van der Waals surface area contributed by atoms with Crippen molar-refractivity contribution < 1.29 is 24.2 Å². The number of ketones is 1. The van der Waals surface area contributed by atoms with Gasteiger partial charge < -0.3 is 14.6 Å². The summed E-state index contributed by atoms with van der Waals surface area (Å²) >= 11 is 1.30. The number of carbonyl (C=O) groups excluding carboxylic acids is 2. The molecule has 0 radical (unpaired) electrons. The summed E-state index contributed by atoms with van der Waals surface area (Å²) in [5.74, 6) is -1.46. The van der Waals surface area contributed by atoms with Gasteiger partial charge in [0, 0.05) is 0 Å². The number of aromatic hydroxyl groups is 1. The Morgan fingerprint density at radius 2 is 1.88 bits per heavy atom. The average Bonchev–Trinajstić information content (AvgIpc) is 3.44. The van der Waals surface area contributed by atoms with Crippen LogP contribution in [0.2, 0.25) is 0 Å². The topological polar surface area (TPSA) is 104 Å². The molecule has 0 saturated heterocycles. The van der Waals surface area contributed by atoms with Crippen LogP contribution in [0.15, 0.2) is 64.3 Å². The van der Waals surface area contributed by atoms with E-state index in [0.29, 0.717) is 16.5 Å². The number of aliphatic hydroxyl groups is 1. The highest BCUT2D eigenvalue weighted by Crippen LogP contribution is 2.45. The van der Waals surface area contributed by atoms with Crippen molar-refractivity contribution in [3.05, 3.63) is 88.1 Å². The first-order chi connectivity index (χ1) is 15.7. The molecule has 0 bridgehead atoms. The lowest BCUT2D eigenvalue weighted by molar-refractivity contribution is -0.117. The van der Waals surface area contributed by atoms with Crippen LogP contribution >= 0.6 is 11.3 Å². The molecule has 8 heteroatoms. The van der Waals surface area contributed by atoms with Crippen molar-refractivity contribution in [2.24, 2.45) is 0 Å². The second kappa shape index (κ2) is 7.60.